The maximum absolute atomic E-state index is 8.99. The van der Waals surface area contributed by atoms with Gasteiger partial charge in [-0.2, -0.15) is 0 Å². The SMILES string of the molecule is CCCCCCCCCCCCNc1ccc(CO)cc1. The molecule has 0 saturated heterocycles. The van der Waals surface area contributed by atoms with Crippen LogP contribution in [0.25, 0.3) is 0 Å². The Morgan fingerprint density at radius 2 is 1.29 bits per heavy atom. The molecule has 0 fully saturated rings. The summed E-state index contributed by atoms with van der Waals surface area (Å²) in [7, 11) is 0. The average molecular weight is 291 g/mol. The number of unbranched alkanes of at least 4 members (excludes halogenated alkanes) is 9. The van der Waals surface area contributed by atoms with Crippen molar-refractivity contribution < 1.29 is 5.11 Å². The van der Waals surface area contributed by atoms with Crippen LogP contribution in [0.15, 0.2) is 24.3 Å². The monoisotopic (exact) mass is 291 g/mol. The summed E-state index contributed by atoms with van der Waals surface area (Å²) in [4.78, 5) is 0. The van der Waals surface area contributed by atoms with Crippen LogP contribution in [0.4, 0.5) is 5.69 Å². The van der Waals surface area contributed by atoms with E-state index in [9.17, 15) is 0 Å². The van der Waals surface area contributed by atoms with Crippen LogP contribution in [-0.2, 0) is 6.61 Å². The molecule has 0 unspecified atom stereocenters. The van der Waals surface area contributed by atoms with E-state index in [-0.39, 0.29) is 6.61 Å². The van der Waals surface area contributed by atoms with E-state index in [1.54, 1.807) is 0 Å². The number of nitrogens with one attached hydrogen (secondary N) is 1. The standard InChI is InChI=1S/C19H33NO/c1-2-3-4-5-6-7-8-9-10-11-16-20-19-14-12-18(17-21)13-15-19/h12-15,20-21H,2-11,16-17H2,1H3. The predicted octanol–water partition coefficient (Wildman–Crippen LogP) is 5.51. The predicted molar refractivity (Wildman–Crippen MR) is 92.7 cm³/mol. The fraction of sp³-hybridized carbons (Fsp3) is 0.684. The van der Waals surface area contributed by atoms with Crippen LogP contribution in [0.3, 0.4) is 0 Å². The third kappa shape index (κ3) is 9.52. The van der Waals surface area contributed by atoms with Crippen molar-refractivity contribution in [3.8, 4) is 0 Å². The minimum Gasteiger partial charge on any atom is -0.392 e. The Hall–Kier alpha value is -1.02. The van der Waals surface area contributed by atoms with Crippen molar-refractivity contribution in [2.45, 2.75) is 77.7 Å². The molecule has 0 aliphatic heterocycles. The third-order valence-electron chi connectivity index (χ3n) is 4.00. The molecule has 0 spiro atoms. The highest BCUT2D eigenvalue weighted by atomic mass is 16.3. The molecule has 0 aliphatic rings. The molecule has 0 bridgehead atoms. The van der Waals surface area contributed by atoms with Crippen LogP contribution >= 0.6 is 0 Å². The number of hydrogen-bond donors (Lipinski definition) is 2. The molecule has 0 heterocycles. The van der Waals surface area contributed by atoms with Gasteiger partial charge in [-0.3, -0.25) is 0 Å². The molecule has 0 atom stereocenters. The normalized spacial score (nSPS) is 10.8. The Morgan fingerprint density at radius 1 is 0.762 bits per heavy atom. The number of aliphatic hydroxyl groups excluding tert-OH is 1. The van der Waals surface area contributed by atoms with Gasteiger partial charge in [0.15, 0.2) is 0 Å². The molecule has 2 N–H and O–H groups in total. The summed E-state index contributed by atoms with van der Waals surface area (Å²) < 4.78 is 0. The molecule has 0 aromatic heterocycles. The number of hydrogen-bond acceptors (Lipinski definition) is 2. The van der Waals surface area contributed by atoms with E-state index in [1.807, 2.05) is 24.3 Å². The lowest BCUT2D eigenvalue weighted by Gasteiger charge is -2.07. The van der Waals surface area contributed by atoms with Gasteiger partial charge in [0.2, 0.25) is 0 Å². The maximum Gasteiger partial charge on any atom is 0.0681 e. The first kappa shape index (κ1) is 18.0. The summed E-state index contributed by atoms with van der Waals surface area (Å²) in [5.74, 6) is 0. The fourth-order valence-corrected chi connectivity index (χ4v) is 2.57. The lowest BCUT2D eigenvalue weighted by molar-refractivity contribution is 0.282. The summed E-state index contributed by atoms with van der Waals surface area (Å²) in [6.45, 7) is 3.45. The van der Waals surface area contributed by atoms with Crippen LogP contribution in [-0.4, -0.2) is 11.7 Å². The van der Waals surface area contributed by atoms with Gasteiger partial charge < -0.3 is 10.4 Å². The van der Waals surface area contributed by atoms with E-state index < -0.39 is 0 Å². The fourth-order valence-electron chi connectivity index (χ4n) is 2.57. The molecule has 0 aliphatic carbocycles. The van der Waals surface area contributed by atoms with Gasteiger partial charge in [0, 0.05) is 12.2 Å². The van der Waals surface area contributed by atoms with Crippen LogP contribution in [0.2, 0.25) is 0 Å². The van der Waals surface area contributed by atoms with E-state index in [1.165, 1.54) is 64.2 Å². The molecule has 21 heavy (non-hydrogen) atoms. The molecule has 0 radical (unpaired) electrons. The molecule has 0 amide bonds. The van der Waals surface area contributed by atoms with Crippen LogP contribution in [0, 0.1) is 0 Å². The second-order valence-corrected chi connectivity index (χ2v) is 5.96. The molecule has 0 saturated carbocycles. The lowest BCUT2D eigenvalue weighted by atomic mass is 10.1. The molecule has 2 nitrogen and oxygen atoms in total. The Morgan fingerprint density at radius 3 is 1.81 bits per heavy atom. The molecular formula is C19H33NO. The number of benzene rings is 1. The van der Waals surface area contributed by atoms with Crippen molar-refractivity contribution in [2.75, 3.05) is 11.9 Å². The summed E-state index contributed by atoms with van der Waals surface area (Å²) >= 11 is 0. The van der Waals surface area contributed by atoms with Crippen molar-refractivity contribution in [1.29, 1.82) is 0 Å². The lowest BCUT2D eigenvalue weighted by Crippen LogP contribution is -2.01. The topological polar surface area (TPSA) is 32.3 Å². The highest BCUT2D eigenvalue weighted by Gasteiger charge is 1.95. The highest BCUT2D eigenvalue weighted by Crippen LogP contribution is 2.12. The van der Waals surface area contributed by atoms with Crippen molar-refractivity contribution in [3.63, 3.8) is 0 Å². The zero-order chi connectivity index (χ0) is 15.2. The van der Waals surface area contributed by atoms with E-state index in [2.05, 4.69) is 12.2 Å². The Kier molecular flexibility index (Phi) is 10.9. The second-order valence-electron chi connectivity index (χ2n) is 5.96. The van der Waals surface area contributed by atoms with Gasteiger partial charge in [0.1, 0.15) is 0 Å². The van der Waals surface area contributed by atoms with Gasteiger partial charge in [-0.15, -0.1) is 0 Å². The molecule has 2 heteroatoms. The summed E-state index contributed by atoms with van der Waals surface area (Å²) in [6, 6.07) is 8.03. The van der Waals surface area contributed by atoms with Gasteiger partial charge in [-0.05, 0) is 24.1 Å². The minimum atomic E-state index is 0.124. The maximum atomic E-state index is 8.99. The minimum absolute atomic E-state index is 0.124. The third-order valence-corrected chi connectivity index (χ3v) is 4.00. The van der Waals surface area contributed by atoms with Gasteiger partial charge >= 0.3 is 0 Å². The summed E-state index contributed by atoms with van der Waals surface area (Å²) in [5.41, 5.74) is 2.13. The van der Waals surface area contributed by atoms with Crippen molar-refractivity contribution in [2.24, 2.45) is 0 Å². The van der Waals surface area contributed by atoms with Crippen LogP contribution in [0.5, 0.6) is 0 Å². The largest absolute Gasteiger partial charge is 0.392 e. The molecule has 120 valence electrons. The van der Waals surface area contributed by atoms with Crippen molar-refractivity contribution >= 4 is 5.69 Å². The van der Waals surface area contributed by atoms with Gasteiger partial charge in [-0.1, -0.05) is 76.8 Å². The first-order valence-corrected chi connectivity index (χ1v) is 8.80. The van der Waals surface area contributed by atoms with Gasteiger partial charge in [0.25, 0.3) is 0 Å². The Bertz CT molecular complexity index is 334. The highest BCUT2D eigenvalue weighted by molar-refractivity contribution is 5.44. The van der Waals surface area contributed by atoms with E-state index in [4.69, 9.17) is 5.11 Å². The molecule has 1 aromatic carbocycles. The number of rotatable bonds is 13. The first-order valence-electron chi connectivity index (χ1n) is 8.80. The Labute approximate surface area is 131 Å². The average Bonchev–Trinajstić information content (AvgIpc) is 2.53. The summed E-state index contributed by atoms with van der Waals surface area (Å²) in [5, 5.41) is 12.4. The zero-order valence-electron chi connectivity index (χ0n) is 13.7. The first-order chi connectivity index (χ1) is 10.4. The van der Waals surface area contributed by atoms with E-state index in [0.29, 0.717) is 0 Å². The number of aliphatic hydroxyl groups is 1. The van der Waals surface area contributed by atoms with Gasteiger partial charge in [0.05, 0.1) is 6.61 Å². The van der Waals surface area contributed by atoms with E-state index in [0.717, 1.165) is 17.8 Å². The molecule has 1 aromatic rings. The summed E-state index contributed by atoms with van der Waals surface area (Å²) in [6.07, 6.45) is 13.8. The van der Waals surface area contributed by atoms with Crippen LogP contribution < -0.4 is 5.32 Å². The van der Waals surface area contributed by atoms with Crippen LogP contribution in [0.1, 0.15) is 76.7 Å². The second kappa shape index (κ2) is 12.7. The Balaban J connectivity index is 1.88. The van der Waals surface area contributed by atoms with Crippen molar-refractivity contribution in [1.82, 2.24) is 0 Å². The van der Waals surface area contributed by atoms with Crippen molar-refractivity contribution in [3.05, 3.63) is 29.8 Å². The number of anilines is 1. The zero-order valence-corrected chi connectivity index (χ0v) is 13.7. The smallest absolute Gasteiger partial charge is 0.0681 e. The quantitative estimate of drug-likeness (QED) is 0.469. The van der Waals surface area contributed by atoms with E-state index >= 15 is 0 Å². The molecular weight excluding hydrogens is 258 g/mol. The molecule has 1 rings (SSSR count). The van der Waals surface area contributed by atoms with Gasteiger partial charge in [-0.25, -0.2) is 0 Å².